The molecule has 1 aliphatic heterocycles. The van der Waals surface area contributed by atoms with Crippen molar-refractivity contribution in [2.45, 2.75) is 52.0 Å². The van der Waals surface area contributed by atoms with E-state index in [-0.39, 0.29) is 0 Å². The SMILES string of the molecule is CC(C)NCCCCCCN1CCCOCC1. The summed E-state index contributed by atoms with van der Waals surface area (Å²) in [4.78, 5) is 2.55. The third-order valence-corrected chi connectivity index (χ3v) is 3.27. The van der Waals surface area contributed by atoms with Gasteiger partial charge in [0, 0.05) is 25.7 Å². The minimum Gasteiger partial charge on any atom is -0.380 e. The van der Waals surface area contributed by atoms with Crippen LogP contribution in [0.2, 0.25) is 0 Å². The summed E-state index contributed by atoms with van der Waals surface area (Å²) < 4.78 is 5.46. The Morgan fingerprint density at radius 3 is 2.71 bits per heavy atom. The van der Waals surface area contributed by atoms with E-state index in [1.807, 2.05) is 0 Å². The Balaban J connectivity index is 1.86. The van der Waals surface area contributed by atoms with Gasteiger partial charge in [-0.15, -0.1) is 0 Å². The maximum Gasteiger partial charge on any atom is 0.0593 e. The first-order valence-electron chi connectivity index (χ1n) is 7.32. The van der Waals surface area contributed by atoms with Crippen molar-refractivity contribution in [3.05, 3.63) is 0 Å². The summed E-state index contributed by atoms with van der Waals surface area (Å²) >= 11 is 0. The van der Waals surface area contributed by atoms with Crippen molar-refractivity contribution in [3.8, 4) is 0 Å². The molecule has 102 valence electrons. The lowest BCUT2D eigenvalue weighted by atomic mass is 10.2. The minimum atomic E-state index is 0.632. The van der Waals surface area contributed by atoms with Gasteiger partial charge in [-0.25, -0.2) is 0 Å². The summed E-state index contributed by atoms with van der Waals surface area (Å²) in [5, 5.41) is 3.47. The molecule has 1 heterocycles. The van der Waals surface area contributed by atoms with Crippen LogP contribution in [0.25, 0.3) is 0 Å². The van der Waals surface area contributed by atoms with Gasteiger partial charge in [-0.1, -0.05) is 26.7 Å². The van der Waals surface area contributed by atoms with Crippen LogP contribution in [0.4, 0.5) is 0 Å². The Bertz CT molecular complexity index is 166. The van der Waals surface area contributed by atoms with Crippen LogP contribution in [0.1, 0.15) is 46.0 Å². The lowest BCUT2D eigenvalue weighted by molar-refractivity contribution is 0.141. The molecule has 0 saturated carbocycles. The van der Waals surface area contributed by atoms with E-state index in [2.05, 4.69) is 24.1 Å². The van der Waals surface area contributed by atoms with Crippen molar-refractivity contribution in [3.63, 3.8) is 0 Å². The molecule has 17 heavy (non-hydrogen) atoms. The molecule has 1 saturated heterocycles. The van der Waals surface area contributed by atoms with Crippen LogP contribution in [0.3, 0.4) is 0 Å². The van der Waals surface area contributed by atoms with E-state index >= 15 is 0 Å². The second-order valence-electron chi connectivity index (χ2n) is 5.33. The van der Waals surface area contributed by atoms with Crippen molar-refractivity contribution >= 4 is 0 Å². The van der Waals surface area contributed by atoms with Crippen LogP contribution in [-0.2, 0) is 4.74 Å². The Kier molecular flexibility index (Phi) is 8.67. The molecular weight excluding hydrogens is 212 g/mol. The molecule has 0 amide bonds. The number of unbranched alkanes of at least 4 members (excludes halogenated alkanes) is 3. The number of nitrogens with one attached hydrogen (secondary N) is 1. The molecule has 0 aliphatic carbocycles. The average Bonchev–Trinajstić information content (AvgIpc) is 2.56. The molecule has 0 unspecified atom stereocenters. The fourth-order valence-electron chi connectivity index (χ4n) is 2.23. The fourth-order valence-corrected chi connectivity index (χ4v) is 2.23. The highest BCUT2D eigenvalue weighted by atomic mass is 16.5. The molecule has 0 atom stereocenters. The van der Waals surface area contributed by atoms with Gasteiger partial charge in [0.1, 0.15) is 0 Å². The maximum atomic E-state index is 5.46. The smallest absolute Gasteiger partial charge is 0.0593 e. The van der Waals surface area contributed by atoms with Gasteiger partial charge < -0.3 is 15.0 Å². The number of hydrogen-bond donors (Lipinski definition) is 1. The first-order chi connectivity index (χ1) is 8.29. The zero-order valence-corrected chi connectivity index (χ0v) is 11.7. The summed E-state index contributed by atoms with van der Waals surface area (Å²) in [7, 11) is 0. The van der Waals surface area contributed by atoms with Gasteiger partial charge in [0.2, 0.25) is 0 Å². The van der Waals surface area contributed by atoms with E-state index in [1.165, 1.54) is 51.7 Å². The second kappa shape index (κ2) is 9.86. The predicted molar refractivity (Wildman–Crippen MR) is 73.5 cm³/mol. The number of nitrogens with zero attached hydrogens (tertiary/aromatic N) is 1. The van der Waals surface area contributed by atoms with Crippen molar-refractivity contribution < 1.29 is 4.74 Å². The summed E-state index contributed by atoms with van der Waals surface area (Å²) in [5.41, 5.74) is 0. The lowest BCUT2D eigenvalue weighted by Crippen LogP contribution is -2.27. The highest BCUT2D eigenvalue weighted by Gasteiger charge is 2.07. The predicted octanol–water partition coefficient (Wildman–Crippen LogP) is 2.27. The molecule has 1 rings (SSSR count). The Morgan fingerprint density at radius 1 is 1.06 bits per heavy atom. The van der Waals surface area contributed by atoms with Crippen molar-refractivity contribution in [2.75, 3.05) is 39.4 Å². The van der Waals surface area contributed by atoms with Crippen LogP contribution in [0.5, 0.6) is 0 Å². The molecule has 0 aromatic rings. The minimum absolute atomic E-state index is 0.632. The van der Waals surface area contributed by atoms with E-state index in [9.17, 15) is 0 Å². The van der Waals surface area contributed by atoms with Gasteiger partial charge in [0.15, 0.2) is 0 Å². The monoisotopic (exact) mass is 242 g/mol. The normalized spacial score (nSPS) is 18.5. The summed E-state index contributed by atoms with van der Waals surface area (Å²) in [6.07, 6.45) is 6.61. The highest BCUT2D eigenvalue weighted by molar-refractivity contribution is 4.61. The maximum absolute atomic E-state index is 5.46. The van der Waals surface area contributed by atoms with Crippen LogP contribution < -0.4 is 5.32 Å². The van der Waals surface area contributed by atoms with Gasteiger partial charge in [0.05, 0.1) is 6.61 Å². The first kappa shape index (κ1) is 14.9. The Morgan fingerprint density at radius 2 is 1.88 bits per heavy atom. The van der Waals surface area contributed by atoms with Crippen molar-refractivity contribution in [2.24, 2.45) is 0 Å². The van der Waals surface area contributed by atoms with Gasteiger partial charge in [-0.2, -0.15) is 0 Å². The van der Waals surface area contributed by atoms with Crippen LogP contribution >= 0.6 is 0 Å². The Labute approximate surface area is 107 Å². The third-order valence-electron chi connectivity index (χ3n) is 3.27. The van der Waals surface area contributed by atoms with E-state index in [1.54, 1.807) is 0 Å². The molecule has 1 N–H and O–H groups in total. The third kappa shape index (κ3) is 8.58. The Hall–Kier alpha value is -0.120. The summed E-state index contributed by atoms with van der Waals surface area (Å²) in [6.45, 7) is 11.1. The highest BCUT2D eigenvalue weighted by Crippen LogP contribution is 2.04. The lowest BCUT2D eigenvalue weighted by Gasteiger charge is -2.18. The van der Waals surface area contributed by atoms with Gasteiger partial charge in [0.25, 0.3) is 0 Å². The molecule has 0 spiro atoms. The number of hydrogen-bond acceptors (Lipinski definition) is 3. The zero-order chi connectivity index (χ0) is 12.3. The first-order valence-corrected chi connectivity index (χ1v) is 7.32. The van der Waals surface area contributed by atoms with E-state index in [0.29, 0.717) is 6.04 Å². The largest absolute Gasteiger partial charge is 0.380 e. The van der Waals surface area contributed by atoms with Gasteiger partial charge in [-0.05, 0) is 32.4 Å². The van der Waals surface area contributed by atoms with E-state index in [0.717, 1.165) is 19.8 Å². The number of rotatable bonds is 8. The number of ether oxygens (including phenoxy) is 1. The second-order valence-corrected chi connectivity index (χ2v) is 5.33. The van der Waals surface area contributed by atoms with E-state index in [4.69, 9.17) is 4.74 Å². The fraction of sp³-hybridized carbons (Fsp3) is 1.00. The van der Waals surface area contributed by atoms with Gasteiger partial charge >= 0.3 is 0 Å². The molecule has 0 bridgehead atoms. The van der Waals surface area contributed by atoms with E-state index < -0.39 is 0 Å². The average molecular weight is 242 g/mol. The topological polar surface area (TPSA) is 24.5 Å². The van der Waals surface area contributed by atoms with Crippen LogP contribution in [0.15, 0.2) is 0 Å². The summed E-state index contributed by atoms with van der Waals surface area (Å²) in [5.74, 6) is 0. The quantitative estimate of drug-likeness (QED) is 0.661. The molecule has 1 fully saturated rings. The van der Waals surface area contributed by atoms with Crippen LogP contribution in [-0.4, -0.2) is 50.3 Å². The van der Waals surface area contributed by atoms with Crippen molar-refractivity contribution in [1.82, 2.24) is 10.2 Å². The zero-order valence-electron chi connectivity index (χ0n) is 11.7. The standard InChI is InChI=1S/C14H30N2O/c1-14(2)15-8-5-3-4-6-9-16-10-7-12-17-13-11-16/h14-15H,3-13H2,1-2H3. The molecule has 3 nitrogen and oxygen atoms in total. The van der Waals surface area contributed by atoms with Crippen LogP contribution in [0, 0.1) is 0 Å². The van der Waals surface area contributed by atoms with Crippen molar-refractivity contribution in [1.29, 1.82) is 0 Å². The van der Waals surface area contributed by atoms with Gasteiger partial charge in [-0.3, -0.25) is 0 Å². The molecule has 1 aliphatic rings. The molecule has 0 aromatic carbocycles. The summed E-state index contributed by atoms with van der Waals surface area (Å²) in [6, 6.07) is 0.632. The molecule has 3 heteroatoms. The molecule has 0 aromatic heterocycles. The molecule has 0 radical (unpaired) electrons. The molecular formula is C14H30N2O.